The number of rotatable bonds is 4. The van der Waals surface area contributed by atoms with Crippen LogP contribution in [0.5, 0.6) is 0 Å². The Hall–Kier alpha value is -1.88. The van der Waals surface area contributed by atoms with Crippen LogP contribution in [0.15, 0.2) is 29.3 Å². The Balaban J connectivity index is 1.52. The molecule has 0 bridgehead atoms. The van der Waals surface area contributed by atoms with Crippen LogP contribution in [0.25, 0.3) is 0 Å². The molecular formula is C18H24N4O. The molecule has 2 aromatic rings. The van der Waals surface area contributed by atoms with Gasteiger partial charge < -0.3 is 4.57 Å². The molecule has 122 valence electrons. The number of pyridine rings is 1. The first-order valence-electron chi connectivity index (χ1n) is 8.60. The lowest BCUT2D eigenvalue weighted by atomic mass is 10.1. The molecule has 1 aliphatic heterocycles. The van der Waals surface area contributed by atoms with Gasteiger partial charge in [0, 0.05) is 63.2 Å². The fourth-order valence-corrected chi connectivity index (χ4v) is 3.57. The van der Waals surface area contributed by atoms with Gasteiger partial charge in [-0.15, -0.1) is 0 Å². The van der Waals surface area contributed by atoms with Gasteiger partial charge in [0.1, 0.15) is 0 Å². The first-order chi connectivity index (χ1) is 11.2. The van der Waals surface area contributed by atoms with Crippen LogP contribution >= 0.6 is 0 Å². The Morgan fingerprint density at radius 1 is 1.22 bits per heavy atom. The predicted molar refractivity (Wildman–Crippen MR) is 89.3 cm³/mol. The van der Waals surface area contributed by atoms with Gasteiger partial charge >= 0.3 is 0 Å². The first-order valence-corrected chi connectivity index (χ1v) is 8.60. The third-order valence-corrected chi connectivity index (χ3v) is 5.05. The molecule has 23 heavy (non-hydrogen) atoms. The molecule has 0 aromatic carbocycles. The van der Waals surface area contributed by atoms with Gasteiger partial charge in [-0.05, 0) is 30.7 Å². The number of hydrogen-bond acceptors (Lipinski definition) is 3. The molecule has 1 aliphatic carbocycles. The highest BCUT2D eigenvalue weighted by Gasteiger charge is 2.25. The zero-order valence-electron chi connectivity index (χ0n) is 13.7. The fraction of sp³-hybridized carbons (Fsp3) is 0.556. The standard InChI is InChI=1S/C18H24N4O/c1-20-11-15(10-19-20)12-21-8-6-16-4-5-18(23)22(13-14-2-3-14)17(16)7-9-21/h4-5,10-11,14H,2-3,6-9,12-13H2,1H3. The number of aromatic nitrogens is 3. The molecule has 2 aromatic heterocycles. The van der Waals surface area contributed by atoms with E-state index in [1.807, 2.05) is 17.9 Å². The minimum Gasteiger partial charge on any atom is -0.312 e. The van der Waals surface area contributed by atoms with Crippen LogP contribution in [0, 0.1) is 5.92 Å². The molecule has 0 N–H and O–H groups in total. The highest BCUT2D eigenvalue weighted by Crippen LogP contribution is 2.31. The zero-order chi connectivity index (χ0) is 15.8. The van der Waals surface area contributed by atoms with Gasteiger partial charge in [-0.25, -0.2) is 0 Å². The van der Waals surface area contributed by atoms with Crippen molar-refractivity contribution in [1.29, 1.82) is 0 Å². The van der Waals surface area contributed by atoms with Crippen LogP contribution < -0.4 is 5.56 Å². The van der Waals surface area contributed by atoms with E-state index in [1.54, 1.807) is 6.07 Å². The molecule has 5 heteroatoms. The normalized spacial score (nSPS) is 18.7. The fourth-order valence-electron chi connectivity index (χ4n) is 3.57. The van der Waals surface area contributed by atoms with Gasteiger partial charge in [-0.1, -0.05) is 6.07 Å². The minimum atomic E-state index is 0.177. The molecule has 0 spiro atoms. The lowest BCUT2D eigenvalue weighted by Crippen LogP contribution is -2.27. The van der Waals surface area contributed by atoms with Crippen LogP contribution in [0.2, 0.25) is 0 Å². The quantitative estimate of drug-likeness (QED) is 0.861. The topological polar surface area (TPSA) is 43.1 Å². The molecule has 0 atom stereocenters. The van der Waals surface area contributed by atoms with Crippen LogP contribution in [-0.4, -0.2) is 32.3 Å². The Morgan fingerprint density at radius 2 is 2.04 bits per heavy atom. The maximum Gasteiger partial charge on any atom is 0.250 e. The van der Waals surface area contributed by atoms with E-state index in [2.05, 4.69) is 26.8 Å². The number of fused-ring (bicyclic) bond motifs is 1. The van der Waals surface area contributed by atoms with Crippen LogP contribution in [0.3, 0.4) is 0 Å². The van der Waals surface area contributed by atoms with E-state index < -0.39 is 0 Å². The minimum absolute atomic E-state index is 0.177. The molecule has 3 heterocycles. The third-order valence-electron chi connectivity index (χ3n) is 5.05. The zero-order valence-corrected chi connectivity index (χ0v) is 13.7. The lowest BCUT2D eigenvalue weighted by molar-refractivity contribution is 0.278. The Bertz CT molecular complexity index is 757. The third kappa shape index (κ3) is 3.24. The molecule has 1 fully saturated rings. The van der Waals surface area contributed by atoms with Crippen molar-refractivity contribution >= 4 is 0 Å². The van der Waals surface area contributed by atoms with E-state index in [4.69, 9.17) is 0 Å². The second-order valence-electron chi connectivity index (χ2n) is 7.00. The average Bonchev–Trinajstić information content (AvgIpc) is 3.29. The summed E-state index contributed by atoms with van der Waals surface area (Å²) in [4.78, 5) is 14.8. The molecule has 2 aliphatic rings. The summed E-state index contributed by atoms with van der Waals surface area (Å²) in [6, 6.07) is 3.81. The molecule has 0 saturated heterocycles. The number of nitrogens with zero attached hydrogens (tertiary/aromatic N) is 4. The van der Waals surface area contributed by atoms with E-state index in [9.17, 15) is 4.79 Å². The van der Waals surface area contributed by atoms with Gasteiger partial charge in [0.2, 0.25) is 0 Å². The van der Waals surface area contributed by atoms with Crippen molar-refractivity contribution in [2.45, 2.75) is 38.8 Å². The molecule has 4 rings (SSSR count). The van der Waals surface area contributed by atoms with Crippen LogP contribution in [-0.2, 0) is 33.0 Å². The molecular weight excluding hydrogens is 288 g/mol. The monoisotopic (exact) mass is 312 g/mol. The van der Waals surface area contributed by atoms with Crippen molar-refractivity contribution in [2.75, 3.05) is 13.1 Å². The van der Waals surface area contributed by atoms with Gasteiger partial charge in [-0.3, -0.25) is 14.4 Å². The van der Waals surface area contributed by atoms with Gasteiger partial charge in [-0.2, -0.15) is 5.10 Å². The van der Waals surface area contributed by atoms with Crippen molar-refractivity contribution in [2.24, 2.45) is 13.0 Å². The smallest absolute Gasteiger partial charge is 0.250 e. The predicted octanol–water partition coefficient (Wildman–Crippen LogP) is 1.59. The summed E-state index contributed by atoms with van der Waals surface area (Å²) in [6.45, 7) is 3.92. The summed E-state index contributed by atoms with van der Waals surface area (Å²) in [5.41, 5.74) is 4.07. The second kappa shape index (κ2) is 5.96. The van der Waals surface area contributed by atoms with Gasteiger partial charge in [0.25, 0.3) is 5.56 Å². The van der Waals surface area contributed by atoms with E-state index in [-0.39, 0.29) is 5.56 Å². The van der Waals surface area contributed by atoms with E-state index in [0.29, 0.717) is 0 Å². The van der Waals surface area contributed by atoms with Crippen molar-refractivity contribution in [3.8, 4) is 0 Å². The van der Waals surface area contributed by atoms with Gasteiger partial charge in [0.05, 0.1) is 6.20 Å². The van der Waals surface area contributed by atoms with Crippen molar-refractivity contribution < 1.29 is 0 Å². The second-order valence-corrected chi connectivity index (χ2v) is 7.00. The van der Waals surface area contributed by atoms with Crippen LogP contribution in [0.1, 0.15) is 29.7 Å². The highest BCUT2D eigenvalue weighted by atomic mass is 16.1. The van der Waals surface area contributed by atoms with E-state index in [1.165, 1.54) is 29.7 Å². The van der Waals surface area contributed by atoms with E-state index >= 15 is 0 Å². The maximum atomic E-state index is 12.3. The Kier molecular flexibility index (Phi) is 3.81. The largest absolute Gasteiger partial charge is 0.312 e. The summed E-state index contributed by atoms with van der Waals surface area (Å²) in [6.07, 6.45) is 8.59. The van der Waals surface area contributed by atoms with Crippen molar-refractivity contribution in [3.05, 3.63) is 51.7 Å². The molecule has 5 nitrogen and oxygen atoms in total. The SMILES string of the molecule is Cn1cc(CN2CCc3ccc(=O)n(CC4CC4)c3CC2)cn1. The highest BCUT2D eigenvalue weighted by molar-refractivity contribution is 5.24. The molecule has 0 radical (unpaired) electrons. The maximum absolute atomic E-state index is 12.3. The molecule has 0 unspecified atom stereocenters. The average molecular weight is 312 g/mol. The summed E-state index contributed by atoms with van der Waals surface area (Å²) >= 11 is 0. The summed E-state index contributed by atoms with van der Waals surface area (Å²) < 4.78 is 3.91. The Labute approximate surface area is 136 Å². The van der Waals surface area contributed by atoms with Crippen molar-refractivity contribution in [3.63, 3.8) is 0 Å². The van der Waals surface area contributed by atoms with Crippen LogP contribution in [0.4, 0.5) is 0 Å². The Morgan fingerprint density at radius 3 is 2.78 bits per heavy atom. The molecule has 0 amide bonds. The summed E-state index contributed by atoms with van der Waals surface area (Å²) in [5.74, 6) is 0.731. The summed E-state index contributed by atoms with van der Waals surface area (Å²) in [7, 11) is 1.96. The van der Waals surface area contributed by atoms with E-state index in [0.717, 1.165) is 44.9 Å². The molecule has 1 saturated carbocycles. The number of hydrogen-bond donors (Lipinski definition) is 0. The van der Waals surface area contributed by atoms with Gasteiger partial charge in [0.15, 0.2) is 0 Å². The first kappa shape index (κ1) is 14.7. The van der Waals surface area contributed by atoms with Crippen molar-refractivity contribution in [1.82, 2.24) is 19.2 Å². The summed E-state index contributed by atoms with van der Waals surface area (Å²) in [5, 5.41) is 4.25. The number of aryl methyl sites for hydroxylation is 1. The lowest BCUT2D eigenvalue weighted by Gasteiger charge is -2.18.